The third-order valence-corrected chi connectivity index (χ3v) is 4.81. The van der Waals surface area contributed by atoms with E-state index in [1.165, 1.54) is 31.7 Å². The predicted octanol–water partition coefficient (Wildman–Crippen LogP) is 3.74. The van der Waals surface area contributed by atoms with E-state index in [9.17, 15) is 4.39 Å². The Kier molecular flexibility index (Phi) is 4.29. The van der Waals surface area contributed by atoms with Crippen molar-refractivity contribution in [2.75, 3.05) is 13.1 Å². The van der Waals surface area contributed by atoms with E-state index < -0.39 is 0 Å². The van der Waals surface area contributed by atoms with Crippen molar-refractivity contribution in [1.82, 2.24) is 4.90 Å². The molecule has 2 aliphatic rings. The van der Waals surface area contributed by atoms with E-state index in [0.717, 1.165) is 18.5 Å². The molecule has 2 fully saturated rings. The molecule has 1 saturated heterocycles. The highest BCUT2D eigenvalue weighted by molar-refractivity contribution is 6.30. The molecule has 1 saturated carbocycles. The summed E-state index contributed by atoms with van der Waals surface area (Å²) in [7, 11) is 0. The number of hydrogen-bond donors (Lipinski definition) is 1. The first kappa shape index (κ1) is 14.3. The van der Waals surface area contributed by atoms with Gasteiger partial charge in [0.15, 0.2) is 0 Å². The largest absolute Gasteiger partial charge is 0.330 e. The average Bonchev–Trinajstić information content (AvgIpc) is 3.23. The minimum atomic E-state index is -0.247. The molecular formula is C16H22ClFN2. The van der Waals surface area contributed by atoms with E-state index in [-0.39, 0.29) is 11.9 Å². The smallest absolute Gasteiger partial charge is 0.125 e. The summed E-state index contributed by atoms with van der Waals surface area (Å²) in [5.41, 5.74) is 7.01. The molecule has 1 aliphatic carbocycles. The zero-order valence-corrected chi connectivity index (χ0v) is 12.5. The summed E-state index contributed by atoms with van der Waals surface area (Å²) in [5, 5.41) is 0.482. The van der Waals surface area contributed by atoms with Crippen molar-refractivity contribution in [3.05, 3.63) is 34.6 Å². The minimum Gasteiger partial charge on any atom is -0.330 e. The Morgan fingerprint density at radius 1 is 1.20 bits per heavy atom. The fourth-order valence-corrected chi connectivity index (χ4v) is 3.77. The molecule has 2 N–H and O–H groups in total. The van der Waals surface area contributed by atoms with Crippen molar-refractivity contribution in [2.45, 2.75) is 44.2 Å². The molecular weight excluding hydrogens is 275 g/mol. The van der Waals surface area contributed by atoms with Crippen molar-refractivity contribution in [3.8, 4) is 0 Å². The van der Waals surface area contributed by atoms with Crippen LogP contribution in [-0.4, -0.2) is 24.0 Å². The maximum absolute atomic E-state index is 13.7. The Balaban J connectivity index is 1.97. The van der Waals surface area contributed by atoms with Crippen molar-refractivity contribution < 1.29 is 4.39 Å². The van der Waals surface area contributed by atoms with Gasteiger partial charge in [-0.3, -0.25) is 4.90 Å². The van der Waals surface area contributed by atoms with Crippen molar-refractivity contribution >= 4 is 11.6 Å². The normalized spacial score (nSPS) is 28.4. The van der Waals surface area contributed by atoms with Crippen LogP contribution in [0.25, 0.3) is 0 Å². The monoisotopic (exact) mass is 296 g/mol. The molecule has 0 radical (unpaired) electrons. The van der Waals surface area contributed by atoms with Crippen LogP contribution in [0.5, 0.6) is 0 Å². The third-order valence-electron chi connectivity index (χ3n) is 4.59. The summed E-state index contributed by atoms with van der Waals surface area (Å²) in [6.07, 6.45) is 6.07. The van der Waals surface area contributed by atoms with Crippen LogP contribution in [0.15, 0.2) is 18.2 Å². The van der Waals surface area contributed by atoms with E-state index in [4.69, 9.17) is 17.3 Å². The van der Waals surface area contributed by atoms with Crippen LogP contribution < -0.4 is 5.73 Å². The molecule has 2 nitrogen and oxygen atoms in total. The van der Waals surface area contributed by atoms with E-state index in [0.29, 0.717) is 23.5 Å². The van der Waals surface area contributed by atoms with Crippen LogP contribution in [0.1, 0.15) is 43.7 Å². The fraction of sp³-hybridized carbons (Fsp3) is 0.625. The highest BCUT2D eigenvalue weighted by atomic mass is 35.5. The second-order valence-corrected chi connectivity index (χ2v) is 6.54. The Morgan fingerprint density at radius 3 is 2.65 bits per heavy atom. The van der Waals surface area contributed by atoms with Crippen LogP contribution in [0.4, 0.5) is 4.39 Å². The molecule has 0 amide bonds. The zero-order valence-electron chi connectivity index (χ0n) is 11.7. The molecule has 20 heavy (non-hydrogen) atoms. The highest BCUT2D eigenvalue weighted by Crippen LogP contribution is 2.42. The number of nitrogens with two attached hydrogens (primary N) is 1. The molecule has 0 spiro atoms. The molecule has 0 bridgehead atoms. The topological polar surface area (TPSA) is 29.3 Å². The van der Waals surface area contributed by atoms with E-state index in [1.54, 1.807) is 6.07 Å². The maximum Gasteiger partial charge on any atom is 0.125 e. The summed E-state index contributed by atoms with van der Waals surface area (Å²) in [6.45, 7) is 1.75. The molecule has 1 heterocycles. The van der Waals surface area contributed by atoms with Gasteiger partial charge in [-0.1, -0.05) is 18.0 Å². The van der Waals surface area contributed by atoms with E-state index in [1.807, 2.05) is 6.07 Å². The fourth-order valence-electron chi connectivity index (χ4n) is 3.54. The van der Waals surface area contributed by atoms with Gasteiger partial charge in [0.05, 0.1) is 0 Å². The van der Waals surface area contributed by atoms with Crippen molar-refractivity contribution in [1.29, 1.82) is 0 Å². The van der Waals surface area contributed by atoms with Gasteiger partial charge in [-0.25, -0.2) is 4.39 Å². The zero-order chi connectivity index (χ0) is 14.1. The molecule has 1 aromatic rings. The molecule has 0 aromatic heterocycles. The number of likely N-dealkylation sites (tertiary alicyclic amines) is 1. The first-order valence-electron chi connectivity index (χ1n) is 7.61. The maximum atomic E-state index is 13.7. The van der Waals surface area contributed by atoms with Crippen molar-refractivity contribution in [2.24, 2.45) is 11.7 Å². The predicted molar refractivity (Wildman–Crippen MR) is 80.3 cm³/mol. The number of rotatable bonds is 3. The number of halogens is 2. The van der Waals surface area contributed by atoms with Gasteiger partial charge in [-0.15, -0.1) is 0 Å². The summed E-state index contributed by atoms with van der Waals surface area (Å²) in [5.74, 6) is 0.152. The van der Waals surface area contributed by atoms with Gasteiger partial charge < -0.3 is 5.73 Å². The number of nitrogens with zero attached hydrogens (tertiary/aromatic N) is 1. The molecule has 110 valence electrons. The van der Waals surface area contributed by atoms with Crippen LogP contribution >= 0.6 is 11.6 Å². The SMILES string of the molecule is NCC1CCCCN(C2CC2)C1c1cc(F)cc(Cl)c1. The second kappa shape index (κ2) is 6.00. The second-order valence-electron chi connectivity index (χ2n) is 6.11. The van der Waals surface area contributed by atoms with Crippen LogP contribution in [0.3, 0.4) is 0 Å². The molecule has 2 atom stereocenters. The van der Waals surface area contributed by atoms with Crippen LogP contribution in [0.2, 0.25) is 5.02 Å². The quantitative estimate of drug-likeness (QED) is 0.920. The lowest BCUT2D eigenvalue weighted by molar-refractivity contribution is 0.149. The lowest BCUT2D eigenvalue weighted by Gasteiger charge is -2.35. The van der Waals surface area contributed by atoms with Gasteiger partial charge in [0, 0.05) is 17.1 Å². The Labute approximate surface area is 125 Å². The van der Waals surface area contributed by atoms with Gasteiger partial charge in [0.2, 0.25) is 0 Å². The van der Waals surface area contributed by atoms with E-state index in [2.05, 4.69) is 4.90 Å². The summed E-state index contributed by atoms with van der Waals surface area (Å²) in [6, 6.07) is 5.82. The van der Waals surface area contributed by atoms with Gasteiger partial charge >= 0.3 is 0 Å². The number of benzene rings is 1. The Hall–Kier alpha value is -0.640. The van der Waals surface area contributed by atoms with Gasteiger partial charge in [0.1, 0.15) is 5.82 Å². The third kappa shape index (κ3) is 3.00. The van der Waals surface area contributed by atoms with Crippen LogP contribution in [0, 0.1) is 11.7 Å². The molecule has 1 aliphatic heterocycles. The van der Waals surface area contributed by atoms with Gasteiger partial charge in [-0.2, -0.15) is 0 Å². The highest BCUT2D eigenvalue weighted by Gasteiger charge is 2.39. The Bertz CT molecular complexity index is 455. The first-order chi connectivity index (χ1) is 9.69. The average molecular weight is 297 g/mol. The van der Waals surface area contributed by atoms with Crippen LogP contribution in [-0.2, 0) is 0 Å². The van der Waals surface area contributed by atoms with E-state index >= 15 is 0 Å². The molecule has 2 unspecified atom stereocenters. The first-order valence-corrected chi connectivity index (χ1v) is 7.98. The van der Waals surface area contributed by atoms with Crippen molar-refractivity contribution in [3.63, 3.8) is 0 Å². The lowest BCUT2D eigenvalue weighted by atomic mass is 9.89. The minimum absolute atomic E-state index is 0.225. The molecule has 3 rings (SSSR count). The molecule has 4 heteroatoms. The van der Waals surface area contributed by atoms with Gasteiger partial charge in [-0.05, 0) is 68.5 Å². The summed E-state index contributed by atoms with van der Waals surface area (Å²) in [4.78, 5) is 2.55. The summed E-state index contributed by atoms with van der Waals surface area (Å²) >= 11 is 6.05. The van der Waals surface area contributed by atoms with Gasteiger partial charge in [0.25, 0.3) is 0 Å². The standard InChI is InChI=1S/C16H22ClFN2/c17-13-7-12(8-14(18)9-13)16-11(10-19)3-1-2-6-20(16)15-4-5-15/h7-9,11,15-16H,1-6,10,19H2. The Morgan fingerprint density at radius 2 is 2.00 bits per heavy atom. The number of hydrogen-bond acceptors (Lipinski definition) is 2. The lowest BCUT2D eigenvalue weighted by Crippen LogP contribution is -2.37. The summed E-state index contributed by atoms with van der Waals surface area (Å²) < 4.78 is 13.7. The molecule has 1 aromatic carbocycles.